The van der Waals surface area contributed by atoms with Crippen molar-refractivity contribution in [2.75, 3.05) is 13.1 Å². The zero-order valence-electron chi connectivity index (χ0n) is 10.0. The first-order valence-corrected chi connectivity index (χ1v) is 6.42. The fourth-order valence-corrected chi connectivity index (χ4v) is 2.87. The number of nitrogens with one attached hydrogen (secondary N) is 2. The number of carbonyl (C=O) groups excluding carboxylic acids is 1. The molecule has 1 aromatic heterocycles. The second-order valence-electron chi connectivity index (χ2n) is 4.79. The van der Waals surface area contributed by atoms with Crippen LogP contribution in [-0.2, 0) is 0 Å². The molecule has 0 bridgehead atoms. The first-order valence-electron chi connectivity index (χ1n) is 5.60. The zero-order chi connectivity index (χ0) is 11.8. The molecule has 1 saturated heterocycles. The standard InChI is InChI=1S/C12H18N2OS/c1-8-6-10(16-9(8)2)11(15)14-12(3)4-5-13-7-12/h6,13H,4-5,7H2,1-3H3,(H,14,15). The SMILES string of the molecule is Cc1cc(C(=O)NC2(C)CCNC2)sc1C. The van der Waals surface area contributed by atoms with Crippen LogP contribution in [0.2, 0.25) is 0 Å². The minimum absolute atomic E-state index is 0.0624. The molecule has 4 heteroatoms. The molecule has 2 N–H and O–H groups in total. The third-order valence-electron chi connectivity index (χ3n) is 3.17. The van der Waals surface area contributed by atoms with Crippen LogP contribution in [0.3, 0.4) is 0 Å². The van der Waals surface area contributed by atoms with Crippen molar-refractivity contribution in [1.82, 2.24) is 10.6 Å². The van der Waals surface area contributed by atoms with Gasteiger partial charge >= 0.3 is 0 Å². The third-order valence-corrected chi connectivity index (χ3v) is 4.33. The van der Waals surface area contributed by atoms with Crippen molar-refractivity contribution in [1.29, 1.82) is 0 Å². The number of hydrogen-bond acceptors (Lipinski definition) is 3. The number of carbonyl (C=O) groups is 1. The second kappa shape index (κ2) is 4.18. The highest BCUT2D eigenvalue weighted by atomic mass is 32.1. The van der Waals surface area contributed by atoms with Gasteiger partial charge in [0.25, 0.3) is 5.91 Å². The maximum absolute atomic E-state index is 12.0. The normalized spacial score (nSPS) is 24.7. The van der Waals surface area contributed by atoms with E-state index in [1.54, 1.807) is 11.3 Å². The fourth-order valence-electron chi connectivity index (χ4n) is 1.94. The fraction of sp³-hybridized carbons (Fsp3) is 0.583. The van der Waals surface area contributed by atoms with E-state index in [4.69, 9.17) is 0 Å². The van der Waals surface area contributed by atoms with Crippen molar-refractivity contribution in [3.63, 3.8) is 0 Å². The van der Waals surface area contributed by atoms with E-state index in [0.29, 0.717) is 0 Å². The van der Waals surface area contributed by atoms with Gasteiger partial charge in [-0.1, -0.05) is 0 Å². The summed E-state index contributed by atoms with van der Waals surface area (Å²) in [6.45, 7) is 8.04. The first-order chi connectivity index (χ1) is 7.50. The van der Waals surface area contributed by atoms with Crippen molar-refractivity contribution >= 4 is 17.2 Å². The molecule has 1 unspecified atom stereocenters. The topological polar surface area (TPSA) is 41.1 Å². The molecular weight excluding hydrogens is 220 g/mol. The van der Waals surface area contributed by atoms with Crippen LogP contribution in [0.1, 0.15) is 33.5 Å². The molecule has 0 saturated carbocycles. The summed E-state index contributed by atoms with van der Waals surface area (Å²) >= 11 is 1.57. The lowest BCUT2D eigenvalue weighted by Gasteiger charge is -2.23. The Balaban J connectivity index is 2.08. The maximum atomic E-state index is 12.0. The molecule has 88 valence electrons. The van der Waals surface area contributed by atoms with Gasteiger partial charge in [0, 0.05) is 11.4 Å². The molecule has 1 atom stereocenters. The first kappa shape index (κ1) is 11.6. The van der Waals surface area contributed by atoms with Crippen molar-refractivity contribution in [2.45, 2.75) is 32.7 Å². The molecule has 1 aromatic rings. The summed E-state index contributed by atoms with van der Waals surface area (Å²) in [7, 11) is 0. The van der Waals surface area contributed by atoms with Crippen molar-refractivity contribution in [3.8, 4) is 0 Å². The minimum Gasteiger partial charge on any atom is -0.345 e. The van der Waals surface area contributed by atoms with E-state index in [1.807, 2.05) is 13.0 Å². The van der Waals surface area contributed by atoms with E-state index in [2.05, 4.69) is 24.5 Å². The van der Waals surface area contributed by atoms with Crippen LogP contribution in [0.25, 0.3) is 0 Å². The van der Waals surface area contributed by atoms with Gasteiger partial charge in [0.05, 0.1) is 10.4 Å². The van der Waals surface area contributed by atoms with Crippen molar-refractivity contribution in [3.05, 3.63) is 21.4 Å². The molecule has 0 spiro atoms. The number of rotatable bonds is 2. The van der Waals surface area contributed by atoms with Gasteiger partial charge in [-0.25, -0.2) is 0 Å². The van der Waals surface area contributed by atoms with Gasteiger partial charge in [-0.3, -0.25) is 4.79 Å². The summed E-state index contributed by atoms with van der Waals surface area (Å²) in [5.74, 6) is 0.0624. The molecular formula is C12H18N2OS. The highest BCUT2D eigenvalue weighted by Gasteiger charge is 2.30. The molecule has 3 nitrogen and oxygen atoms in total. The average Bonchev–Trinajstić information content (AvgIpc) is 2.75. The van der Waals surface area contributed by atoms with Gasteiger partial charge in [-0.15, -0.1) is 11.3 Å². The van der Waals surface area contributed by atoms with Gasteiger partial charge in [0.1, 0.15) is 0 Å². The van der Waals surface area contributed by atoms with Gasteiger partial charge in [-0.2, -0.15) is 0 Å². The van der Waals surface area contributed by atoms with E-state index in [9.17, 15) is 4.79 Å². The van der Waals surface area contributed by atoms with Crippen LogP contribution in [0.5, 0.6) is 0 Å². The lowest BCUT2D eigenvalue weighted by atomic mass is 10.0. The number of thiophene rings is 1. The Hall–Kier alpha value is -0.870. The minimum atomic E-state index is -0.0805. The molecule has 2 heterocycles. The van der Waals surface area contributed by atoms with Gasteiger partial charge in [-0.05, 0) is 45.4 Å². The van der Waals surface area contributed by atoms with Crippen LogP contribution in [0.15, 0.2) is 6.07 Å². The average molecular weight is 238 g/mol. The summed E-state index contributed by atoms with van der Waals surface area (Å²) in [5, 5.41) is 6.40. The van der Waals surface area contributed by atoms with Crippen LogP contribution < -0.4 is 10.6 Å². The van der Waals surface area contributed by atoms with Crippen LogP contribution in [0.4, 0.5) is 0 Å². The Bertz CT molecular complexity index is 386. The summed E-state index contributed by atoms with van der Waals surface area (Å²) < 4.78 is 0. The summed E-state index contributed by atoms with van der Waals surface area (Å²) in [6.07, 6.45) is 1.00. The zero-order valence-corrected chi connectivity index (χ0v) is 10.8. The lowest BCUT2D eigenvalue weighted by Crippen LogP contribution is -2.47. The number of amides is 1. The molecule has 1 aliphatic rings. The van der Waals surface area contributed by atoms with Gasteiger partial charge in [0.15, 0.2) is 0 Å². The molecule has 0 radical (unpaired) electrons. The van der Waals surface area contributed by atoms with Gasteiger partial charge < -0.3 is 10.6 Å². The van der Waals surface area contributed by atoms with E-state index < -0.39 is 0 Å². The van der Waals surface area contributed by atoms with E-state index in [0.717, 1.165) is 24.4 Å². The molecule has 2 rings (SSSR count). The molecule has 0 aliphatic carbocycles. The molecule has 16 heavy (non-hydrogen) atoms. The Morgan fingerprint density at radius 1 is 1.56 bits per heavy atom. The summed E-state index contributed by atoms with van der Waals surface area (Å²) in [5.41, 5.74) is 1.12. The maximum Gasteiger partial charge on any atom is 0.261 e. The van der Waals surface area contributed by atoms with Crippen LogP contribution in [-0.4, -0.2) is 24.5 Å². The molecule has 1 fully saturated rings. The molecule has 1 amide bonds. The number of hydrogen-bond donors (Lipinski definition) is 2. The second-order valence-corrected chi connectivity index (χ2v) is 6.05. The highest BCUT2D eigenvalue weighted by molar-refractivity contribution is 7.14. The quantitative estimate of drug-likeness (QED) is 0.825. The van der Waals surface area contributed by atoms with E-state index in [1.165, 1.54) is 10.4 Å². The van der Waals surface area contributed by atoms with Crippen LogP contribution in [0, 0.1) is 13.8 Å². The third kappa shape index (κ3) is 2.28. The smallest absolute Gasteiger partial charge is 0.261 e. The largest absolute Gasteiger partial charge is 0.345 e. The lowest BCUT2D eigenvalue weighted by molar-refractivity contribution is 0.0917. The van der Waals surface area contributed by atoms with Crippen molar-refractivity contribution in [2.24, 2.45) is 0 Å². The molecule has 1 aliphatic heterocycles. The number of aryl methyl sites for hydroxylation is 2. The Labute approximate surface area is 100 Å². The highest BCUT2D eigenvalue weighted by Crippen LogP contribution is 2.22. The van der Waals surface area contributed by atoms with Crippen LogP contribution >= 0.6 is 11.3 Å². The predicted molar refractivity (Wildman–Crippen MR) is 67.2 cm³/mol. The Morgan fingerprint density at radius 2 is 2.31 bits per heavy atom. The Morgan fingerprint density at radius 3 is 2.81 bits per heavy atom. The van der Waals surface area contributed by atoms with E-state index >= 15 is 0 Å². The summed E-state index contributed by atoms with van der Waals surface area (Å²) in [6, 6.07) is 1.97. The van der Waals surface area contributed by atoms with Crippen molar-refractivity contribution < 1.29 is 4.79 Å². The van der Waals surface area contributed by atoms with E-state index in [-0.39, 0.29) is 11.4 Å². The molecule has 0 aromatic carbocycles. The predicted octanol–water partition coefficient (Wildman–Crippen LogP) is 1.85. The summed E-state index contributed by atoms with van der Waals surface area (Å²) in [4.78, 5) is 14.1. The van der Waals surface area contributed by atoms with Gasteiger partial charge in [0.2, 0.25) is 0 Å². The Kier molecular flexibility index (Phi) is 3.04. The monoisotopic (exact) mass is 238 g/mol.